The third kappa shape index (κ3) is 5.33. The second-order valence-corrected chi connectivity index (χ2v) is 10.5. The summed E-state index contributed by atoms with van der Waals surface area (Å²) in [5.74, 6) is -0.280. The number of aryl methyl sites for hydroxylation is 3. The Labute approximate surface area is 232 Å². The molecule has 0 radical (unpaired) electrons. The number of primary amides is 1. The topological polar surface area (TPSA) is 159 Å². The van der Waals surface area contributed by atoms with E-state index in [2.05, 4.69) is 20.7 Å². The zero-order valence-electron chi connectivity index (χ0n) is 23.2. The summed E-state index contributed by atoms with van der Waals surface area (Å²) in [6, 6.07) is 4.77. The number of carbonyl (C=O) groups is 3. The molecule has 0 atom stereocenters. The Hall–Kier alpha value is -4.13. The molecule has 2 saturated heterocycles. The van der Waals surface area contributed by atoms with Crippen molar-refractivity contribution in [3.8, 4) is 5.75 Å². The van der Waals surface area contributed by atoms with Gasteiger partial charge in [0, 0.05) is 56.9 Å². The fourth-order valence-electron chi connectivity index (χ4n) is 5.55. The van der Waals surface area contributed by atoms with Crippen molar-refractivity contribution in [2.24, 2.45) is 11.1 Å². The number of nitrogens with one attached hydrogen (secondary N) is 2. The zero-order chi connectivity index (χ0) is 28.4. The molecule has 0 unspecified atom stereocenters. The van der Waals surface area contributed by atoms with Crippen LogP contribution in [0.1, 0.15) is 52.7 Å². The number of nitrogens with zero attached hydrogens (tertiary/aromatic N) is 5. The lowest BCUT2D eigenvalue weighted by molar-refractivity contribution is -0.0615. The van der Waals surface area contributed by atoms with E-state index in [9.17, 15) is 14.4 Å². The van der Waals surface area contributed by atoms with Crippen molar-refractivity contribution >= 4 is 34.8 Å². The Morgan fingerprint density at radius 2 is 1.93 bits per heavy atom. The van der Waals surface area contributed by atoms with Crippen molar-refractivity contribution in [2.75, 3.05) is 45.3 Å². The minimum atomic E-state index is -0.612. The summed E-state index contributed by atoms with van der Waals surface area (Å²) in [6.45, 7) is 8.17. The Morgan fingerprint density at radius 1 is 1.18 bits per heavy atom. The van der Waals surface area contributed by atoms with Gasteiger partial charge in [0.1, 0.15) is 17.0 Å². The largest absolute Gasteiger partial charge is 0.494 e. The van der Waals surface area contributed by atoms with Gasteiger partial charge in [-0.05, 0) is 51.3 Å². The summed E-state index contributed by atoms with van der Waals surface area (Å²) in [5.41, 5.74) is 8.18. The van der Waals surface area contributed by atoms with Gasteiger partial charge in [-0.25, -0.2) is 9.78 Å². The van der Waals surface area contributed by atoms with Crippen molar-refractivity contribution in [1.29, 1.82) is 0 Å². The molecular formula is C27H36N8O5. The Morgan fingerprint density at radius 3 is 2.60 bits per heavy atom. The van der Waals surface area contributed by atoms with Crippen LogP contribution < -0.4 is 21.1 Å². The maximum atomic E-state index is 13.2. The number of anilines is 1. The van der Waals surface area contributed by atoms with Gasteiger partial charge in [-0.2, -0.15) is 5.10 Å². The van der Waals surface area contributed by atoms with Crippen LogP contribution >= 0.6 is 0 Å². The number of urea groups is 1. The molecule has 2 aromatic heterocycles. The minimum Gasteiger partial charge on any atom is -0.494 e. The van der Waals surface area contributed by atoms with Crippen LogP contribution in [0.15, 0.2) is 18.2 Å². The Balaban J connectivity index is 1.32. The number of ether oxygens (including phenoxy) is 2. The number of fused-ring (bicyclic) bond motifs is 1. The first-order chi connectivity index (χ1) is 19.2. The number of methoxy groups -OCH3 is 1. The third-order valence-corrected chi connectivity index (χ3v) is 7.70. The van der Waals surface area contributed by atoms with Crippen LogP contribution in [-0.4, -0.2) is 82.0 Å². The van der Waals surface area contributed by atoms with E-state index >= 15 is 0 Å². The molecule has 0 bridgehead atoms. The van der Waals surface area contributed by atoms with E-state index < -0.39 is 5.91 Å². The summed E-state index contributed by atoms with van der Waals surface area (Å²) in [6.07, 6.45) is 2.56. The molecule has 2 fully saturated rings. The van der Waals surface area contributed by atoms with Crippen LogP contribution in [0.2, 0.25) is 0 Å². The lowest BCUT2D eigenvalue weighted by atomic mass is 9.73. The SMILES string of the molecule is CCn1nc(C)cc1C(=O)Nc1nc2cc(C(N)=O)cc(OC)c2n1CCCNC(=O)N1CC2(CCOCC2)C1. The Kier molecular flexibility index (Phi) is 7.66. The fraction of sp³-hybridized carbons (Fsp3) is 0.519. The van der Waals surface area contributed by atoms with Gasteiger partial charge in [0.15, 0.2) is 0 Å². The third-order valence-electron chi connectivity index (χ3n) is 7.70. The predicted octanol–water partition coefficient (Wildman–Crippen LogP) is 2.13. The molecule has 0 aliphatic carbocycles. The highest BCUT2D eigenvalue weighted by Gasteiger charge is 2.45. The standard InChI is InChI=1S/C27H36N8O5/c1-4-35-20(12-17(2)32-35)24(37)31-25-30-19-13-18(23(28)36)14-21(39-3)22(19)34(25)9-5-8-29-26(38)33-15-27(16-33)6-10-40-11-7-27/h12-14H,4-11,15-16H2,1-3H3,(H2,28,36)(H,29,38)(H,30,31,37). The molecule has 13 nitrogen and oxygen atoms in total. The first-order valence-corrected chi connectivity index (χ1v) is 13.6. The molecule has 214 valence electrons. The molecule has 2 aliphatic rings. The van der Waals surface area contributed by atoms with Gasteiger partial charge in [0.25, 0.3) is 5.91 Å². The molecule has 4 heterocycles. The van der Waals surface area contributed by atoms with E-state index in [-0.39, 0.29) is 28.9 Å². The molecule has 2 aliphatic heterocycles. The van der Waals surface area contributed by atoms with E-state index in [4.69, 9.17) is 15.2 Å². The van der Waals surface area contributed by atoms with Gasteiger partial charge in [0.2, 0.25) is 11.9 Å². The van der Waals surface area contributed by atoms with Crippen molar-refractivity contribution in [2.45, 2.75) is 46.2 Å². The summed E-state index contributed by atoms with van der Waals surface area (Å²) in [7, 11) is 1.50. The summed E-state index contributed by atoms with van der Waals surface area (Å²) in [4.78, 5) is 44.3. The number of carbonyl (C=O) groups excluding carboxylic acids is 3. The van der Waals surface area contributed by atoms with E-state index in [0.29, 0.717) is 48.5 Å². The number of hydrogen-bond donors (Lipinski definition) is 3. The normalized spacial score (nSPS) is 16.1. The van der Waals surface area contributed by atoms with Gasteiger partial charge < -0.3 is 30.0 Å². The molecule has 1 spiro atoms. The minimum absolute atomic E-state index is 0.0759. The maximum Gasteiger partial charge on any atom is 0.317 e. The first kappa shape index (κ1) is 27.4. The van der Waals surface area contributed by atoms with Gasteiger partial charge in [-0.3, -0.25) is 19.6 Å². The molecule has 40 heavy (non-hydrogen) atoms. The van der Waals surface area contributed by atoms with Gasteiger partial charge in [-0.15, -0.1) is 0 Å². The first-order valence-electron chi connectivity index (χ1n) is 13.6. The van der Waals surface area contributed by atoms with Crippen molar-refractivity contribution in [3.63, 3.8) is 0 Å². The Bertz CT molecular complexity index is 1430. The van der Waals surface area contributed by atoms with Crippen LogP contribution in [0, 0.1) is 12.3 Å². The van der Waals surface area contributed by atoms with E-state index in [1.54, 1.807) is 22.9 Å². The van der Waals surface area contributed by atoms with Crippen LogP contribution in [0.3, 0.4) is 0 Å². The highest BCUT2D eigenvalue weighted by molar-refractivity contribution is 6.04. The number of nitrogens with two attached hydrogens (primary N) is 1. The number of rotatable bonds is 9. The highest BCUT2D eigenvalue weighted by Crippen LogP contribution is 2.39. The van der Waals surface area contributed by atoms with Crippen molar-refractivity contribution in [3.05, 3.63) is 35.2 Å². The molecule has 4 N–H and O–H groups in total. The predicted molar refractivity (Wildman–Crippen MR) is 147 cm³/mol. The van der Waals surface area contributed by atoms with Crippen molar-refractivity contribution in [1.82, 2.24) is 29.5 Å². The average molecular weight is 553 g/mol. The number of likely N-dealkylation sites (tertiary alicyclic amines) is 1. The molecule has 5 rings (SSSR count). The van der Waals surface area contributed by atoms with E-state index in [1.807, 2.05) is 23.3 Å². The maximum absolute atomic E-state index is 13.2. The average Bonchev–Trinajstić information content (AvgIpc) is 3.48. The van der Waals surface area contributed by atoms with Crippen LogP contribution in [0.5, 0.6) is 5.75 Å². The number of aromatic nitrogens is 4. The molecule has 3 aromatic rings. The molecule has 13 heteroatoms. The zero-order valence-corrected chi connectivity index (χ0v) is 23.2. The smallest absolute Gasteiger partial charge is 0.317 e. The number of hydrogen-bond acceptors (Lipinski definition) is 7. The summed E-state index contributed by atoms with van der Waals surface area (Å²) >= 11 is 0. The van der Waals surface area contributed by atoms with Crippen molar-refractivity contribution < 1.29 is 23.9 Å². The fourth-order valence-corrected chi connectivity index (χ4v) is 5.55. The summed E-state index contributed by atoms with van der Waals surface area (Å²) in [5, 5.41) is 10.3. The van der Waals surface area contributed by atoms with Crippen LogP contribution in [-0.2, 0) is 17.8 Å². The van der Waals surface area contributed by atoms with E-state index in [1.165, 1.54) is 7.11 Å². The van der Waals surface area contributed by atoms with Crippen LogP contribution in [0.25, 0.3) is 11.0 Å². The number of benzene rings is 1. The summed E-state index contributed by atoms with van der Waals surface area (Å²) < 4.78 is 14.5. The monoisotopic (exact) mass is 552 g/mol. The lowest BCUT2D eigenvalue weighted by Gasteiger charge is -2.51. The van der Waals surface area contributed by atoms with Gasteiger partial charge in [-0.1, -0.05) is 0 Å². The van der Waals surface area contributed by atoms with Gasteiger partial charge >= 0.3 is 6.03 Å². The molecule has 1 aromatic carbocycles. The number of imidazole rings is 1. The quantitative estimate of drug-likeness (QED) is 0.343. The van der Waals surface area contributed by atoms with Crippen LogP contribution in [0.4, 0.5) is 10.7 Å². The molecule has 0 saturated carbocycles. The van der Waals surface area contributed by atoms with E-state index in [0.717, 1.165) is 44.8 Å². The van der Waals surface area contributed by atoms with Gasteiger partial charge in [0.05, 0.1) is 18.3 Å². The lowest BCUT2D eigenvalue weighted by Crippen LogP contribution is -2.62. The molecular weight excluding hydrogens is 516 g/mol. The second-order valence-electron chi connectivity index (χ2n) is 10.5. The molecule has 4 amide bonds. The number of amides is 4. The highest BCUT2D eigenvalue weighted by atomic mass is 16.5. The second kappa shape index (κ2) is 11.2.